The molecule has 1 aliphatic heterocycles. The zero-order chi connectivity index (χ0) is 13.1. The topological polar surface area (TPSA) is 93.5 Å². The van der Waals surface area contributed by atoms with Crippen LogP contribution in [-0.2, 0) is 4.79 Å². The Labute approximate surface area is 103 Å². The van der Waals surface area contributed by atoms with E-state index in [2.05, 4.69) is 17.2 Å². The van der Waals surface area contributed by atoms with Gasteiger partial charge in [0.25, 0.3) is 11.6 Å². The summed E-state index contributed by atoms with van der Waals surface area (Å²) >= 11 is 0. The lowest BCUT2D eigenvalue weighted by atomic mass is 10.2. The summed E-state index contributed by atoms with van der Waals surface area (Å²) in [5.74, 6) is 0.0106. The molecule has 1 heterocycles. The van der Waals surface area contributed by atoms with E-state index in [0.29, 0.717) is 23.7 Å². The highest BCUT2D eigenvalue weighted by Gasteiger charge is 2.23. The number of hydrogen-bond donors (Lipinski definition) is 2. The van der Waals surface area contributed by atoms with Crippen LogP contribution in [0.1, 0.15) is 0 Å². The van der Waals surface area contributed by atoms with Crippen LogP contribution >= 0.6 is 0 Å². The van der Waals surface area contributed by atoms with Crippen LogP contribution in [-0.4, -0.2) is 24.0 Å². The van der Waals surface area contributed by atoms with Crippen molar-refractivity contribution in [2.24, 2.45) is 0 Å². The predicted molar refractivity (Wildman–Crippen MR) is 65.9 cm³/mol. The van der Waals surface area contributed by atoms with Crippen molar-refractivity contribution in [2.45, 2.75) is 0 Å². The van der Waals surface area contributed by atoms with Crippen LogP contribution in [0.15, 0.2) is 24.8 Å². The molecule has 0 aromatic heterocycles. The van der Waals surface area contributed by atoms with E-state index in [1.54, 1.807) is 6.08 Å². The molecule has 0 spiro atoms. The van der Waals surface area contributed by atoms with Gasteiger partial charge in [0.05, 0.1) is 16.7 Å². The second-order valence-electron chi connectivity index (χ2n) is 3.63. The summed E-state index contributed by atoms with van der Waals surface area (Å²) in [5, 5.41) is 16.4. The Bertz CT molecular complexity index is 527. The SMILES string of the molecule is C=CCNc1cc2c(cc1[N+](=O)[O-])OCC(=O)N2. The van der Waals surface area contributed by atoms with Crippen LogP contribution in [0.3, 0.4) is 0 Å². The van der Waals surface area contributed by atoms with Crippen molar-refractivity contribution in [3.63, 3.8) is 0 Å². The number of nitrogens with zero attached hydrogens (tertiary/aromatic N) is 1. The van der Waals surface area contributed by atoms with Crippen molar-refractivity contribution in [1.29, 1.82) is 0 Å². The van der Waals surface area contributed by atoms with Gasteiger partial charge < -0.3 is 15.4 Å². The number of hydrogen-bond acceptors (Lipinski definition) is 5. The highest BCUT2D eigenvalue weighted by Crippen LogP contribution is 2.37. The molecule has 0 atom stereocenters. The quantitative estimate of drug-likeness (QED) is 0.479. The van der Waals surface area contributed by atoms with E-state index >= 15 is 0 Å². The number of fused-ring (bicyclic) bond motifs is 1. The molecule has 0 saturated heterocycles. The number of rotatable bonds is 4. The molecule has 2 N–H and O–H groups in total. The summed E-state index contributed by atoms with van der Waals surface area (Å²) in [5.41, 5.74) is 0.625. The molecule has 2 rings (SSSR count). The minimum atomic E-state index is -0.508. The Morgan fingerprint density at radius 2 is 2.39 bits per heavy atom. The van der Waals surface area contributed by atoms with Gasteiger partial charge in [-0.25, -0.2) is 0 Å². The van der Waals surface area contributed by atoms with Crippen molar-refractivity contribution >= 4 is 23.0 Å². The second-order valence-corrected chi connectivity index (χ2v) is 3.63. The predicted octanol–water partition coefficient (Wildman–Crippen LogP) is 1.52. The standard InChI is InChI=1S/C11H11N3O4/c1-2-3-12-7-4-8-10(5-9(7)14(16)17)18-6-11(15)13-8/h2,4-5,12H,1,3,6H2,(H,13,15). The van der Waals surface area contributed by atoms with E-state index in [4.69, 9.17) is 4.74 Å². The third kappa shape index (κ3) is 2.24. The number of carbonyl (C=O) groups excluding carboxylic acids is 1. The Kier molecular flexibility index (Phi) is 3.13. The number of nitrogens with one attached hydrogen (secondary N) is 2. The molecule has 18 heavy (non-hydrogen) atoms. The molecule has 1 amide bonds. The minimum absolute atomic E-state index is 0.105. The van der Waals surface area contributed by atoms with Gasteiger partial charge in [0.2, 0.25) is 0 Å². The third-order valence-electron chi connectivity index (χ3n) is 2.36. The number of nitro benzene ring substituents is 1. The van der Waals surface area contributed by atoms with Crippen LogP contribution in [0.4, 0.5) is 17.1 Å². The van der Waals surface area contributed by atoms with Gasteiger partial charge in [-0.05, 0) is 6.07 Å². The maximum absolute atomic E-state index is 11.2. The number of benzene rings is 1. The largest absolute Gasteiger partial charge is 0.481 e. The van der Waals surface area contributed by atoms with Crippen molar-refractivity contribution in [2.75, 3.05) is 23.8 Å². The summed E-state index contributed by atoms with van der Waals surface area (Å²) in [4.78, 5) is 21.6. The molecular weight excluding hydrogens is 238 g/mol. The number of ether oxygens (including phenoxy) is 1. The van der Waals surface area contributed by atoms with Crippen molar-refractivity contribution < 1.29 is 14.5 Å². The fourth-order valence-electron chi connectivity index (χ4n) is 1.59. The first kappa shape index (κ1) is 11.9. The Hall–Kier alpha value is -2.57. The molecule has 7 heteroatoms. The van der Waals surface area contributed by atoms with Gasteiger partial charge in [-0.15, -0.1) is 6.58 Å². The Balaban J connectivity index is 2.43. The molecule has 0 aliphatic carbocycles. The zero-order valence-corrected chi connectivity index (χ0v) is 9.43. The molecule has 1 aliphatic rings. The maximum Gasteiger partial charge on any atom is 0.296 e. The van der Waals surface area contributed by atoms with Crippen LogP contribution in [0.25, 0.3) is 0 Å². The average Bonchev–Trinajstić information content (AvgIpc) is 2.34. The van der Waals surface area contributed by atoms with Crippen molar-refractivity contribution in [3.8, 4) is 5.75 Å². The van der Waals surface area contributed by atoms with Gasteiger partial charge in [-0.1, -0.05) is 6.08 Å². The van der Waals surface area contributed by atoms with Gasteiger partial charge in [0.15, 0.2) is 12.4 Å². The zero-order valence-electron chi connectivity index (χ0n) is 9.43. The van der Waals surface area contributed by atoms with Crippen LogP contribution in [0.5, 0.6) is 5.75 Å². The summed E-state index contributed by atoms with van der Waals surface area (Å²) in [7, 11) is 0. The average molecular weight is 249 g/mol. The molecule has 7 nitrogen and oxygen atoms in total. The number of anilines is 2. The van der Waals surface area contributed by atoms with Crippen LogP contribution in [0.2, 0.25) is 0 Å². The smallest absolute Gasteiger partial charge is 0.296 e. The normalized spacial score (nSPS) is 13.0. The van der Waals surface area contributed by atoms with E-state index in [-0.39, 0.29) is 18.2 Å². The summed E-state index contributed by atoms with van der Waals surface area (Å²) < 4.78 is 5.12. The van der Waals surface area contributed by atoms with Gasteiger partial charge >= 0.3 is 0 Å². The molecule has 1 aromatic rings. The van der Waals surface area contributed by atoms with Crippen molar-refractivity contribution in [3.05, 3.63) is 34.9 Å². The van der Waals surface area contributed by atoms with E-state index in [1.165, 1.54) is 12.1 Å². The molecular formula is C11H11N3O4. The van der Waals surface area contributed by atoms with Gasteiger partial charge in [0, 0.05) is 6.54 Å². The van der Waals surface area contributed by atoms with E-state index < -0.39 is 4.92 Å². The minimum Gasteiger partial charge on any atom is -0.481 e. The summed E-state index contributed by atoms with van der Waals surface area (Å²) in [6, 6.07) is 2.77. The summed E-state index contributed by atoms with van der Waals surface area (Å²) in [6.45, 7) is 3.77. The first-order valence-corrected chi connectivity index (χ1v) is 5.21. The molecule has 94 valence electrons. The molecule has 0 unspecified atom stereocenters. The lowest BCUT2D eigenvalue weighted by Gasteiger charge is -2.18. The summed E-state index contributed by atoms with van der Waals surface area (Å²) in [6.07, 6.45) is 1.58. The lowest BCUT2D eigenvalue weighted by Crippen LogP contribution is -2.25. The first-order valence-electron chi connectivity index (χ1n) is 5.21. The molecule has 0 fully saturated rings. The fraction of sp³-hybridized carbons (Fsp3) is 0.182. The fourth-order valence-corrected chi connectivity index (χ4v) is 1.59. The Morgan fingerprint density at radius 1 is 1.61 bits per heavy atom. The second kappa shape index (κ2) is 4.74. The van der Waals surface area contributed by atoms with E-state index in [9.17, 15) is 14.9 Å². The third-order valence-corrected chi connectivity index (χ3v) is 2.36. The number of amides is 1. The van der Waals surface area contributed by atoms with E-state index in [0.717, 1.165) is 0 Å². The van der Waals surface area contributed by atoms with Gasteiger partial charge in [0.1, 0.15) is 5.69 Å². The van der Waals surface area contributed by atoms with Crippen LogP contribution in [0, 0.1) is 10.1 Å². The lowest BCUT2D eigenvalue weighted by molar-refractivity contribution is -0.384. The number of nitro groups is 1. The van der Waals surface area contributed by atoms with Gasteiger partial charge in [-0.3, -0.25) is 14.9 Å². The molecule has 0 radical (unpaired) electrons. The Morgan fingerprint density at radius 3 is 3.06 bits per heavy atom. The maximum atomic E-state index is 11.2. The molecule has 0 bridgehead atoms. The van der Waals surface area contributed by atoms with Gasteiger partial charge in [-0.2, -0.15) is 0 Å². The first-order chi connectivity index (χ1) is 8.61. The molecule has 0 saturated carbocycles. The highest BCUT2D eigenvalue weighted by atomic mass is 16.6. The highest BCUT2D eigenvalue weighted by molar-refractivity contribution is 5.96. The van der Waals surface area contributed by atoms with E-state index in [1.807, 2.05) is 0 Å². The van der Waals surface area contributed by atoms with Crippen molar-refractivity contribution in [1.82, 2.24) is 0 Å². The monoisotopic (exact) mass is 249 g/mol. The molecule has 1 aromatic carbocycles. The number of carbonyl (C=O) groups is 1. The van der Waals surface area contributed by atoms with Crippen LogP contribution < -0.4 is 15.4 Å².